The molecule has 2 atom stereocenters. The van der Waals surface area contributed by atoms with Crippen LogP contribution < -0.4 is 0 Å². The normalized spacial score (nSPS) is 29.4. The summed E-state index contributed by atoms with van der Waals surface area (Å²) in [5, 5.41) is 8.97. The van der Waals surface area contributed by atoms with Gasteiger partial charge in [0, 0.05) is 19.5 Å². The molecule has 4 nitrogen and oxygen atoms in total. The van der Waals surface area contributed by atoms with E-state index in [4.69, 9.17) is 5.11 Å². The Morgan fingerprint density at radius 2 is 2.00 bits per heavy atom. The molecule has 1 saturated carbocycles. The number of carbonyl (C=O) groups excluding carboxylic acids is 1. The average Bonchev–Trinajstić information content (AvgIpc) is 2.96. The zero-order chi connectivity index (χ0) is 11.7. The van der Waals surface area contributed by atoms with E-state index in [-0.39, 0.29) is 17.7 Å². The molecule has 0 aromatic carbocycles. The second kappa shape index (κ2) is 4.44. The first-order chi connectivity index (χ1) is 7.58. The number of hydrogen-bond acceptors (Lipinski definition) is 2. The Hall–Kier alpha value is -1.06. The lowest BCUT2D eigenvalue weighted by Crippen LogP contribution is -2.29. The van der Waals surface area contributed by atoms with Crippen molar-refractivity contribution in [2.75, 3.05) is 13.1 Å². The topological polar surface area (TPSA) is 57.6 Å². The van der Waals surface area contributed by atoms with Crippen molar-refractivity contribution in [1.29, 1.82) is 0 Å². The highest BCUT2D eigenvalue weighted by Gasteiger charge is 2.37. The Morgan fingerprint density at radius 3 is 2.50 bits per heavy atom. The van der Waals surface area contributed by atoms with Gasteiger partial charge in [0.05, 0.1) is 5.92 Å². The molecule has 0 unspecified atom stereocenters. The van der Waals surface area contributed by atoms with Gasteiger partial charge in [-0.3, -0.25) is 9.59 Å². The lowest BCUT2D eigenvalue weighted by Gasteiger charge is -2.15. The fourth-order valence-corrected chi connectivity index (χ4v) is 2.38. The van der Waals surface area contributed by atoms with Gasteiger partial charge < -0.3 is 10.0 Å². The van der Waals surface area contributed by atoms with Crippen LogP contribution >= 0.6 is 0 Å². The SMILES string of the molecule is C[C@@H]1CN(C(=O)CCC2CC2)C[C@H]1C(=O)O. The molecule has 0 bridgehead atoms. The quantitative estimate of drug-likeness (QED) is 0.785. The Bertz CT molecular complexity index is 299. The standard InChI is InChI=1S/C12H19NO3/c1-8-6-13(7-10(8)12(15)16)11(14)5-4-9-2-3-9/h8-10H,2-7H2,1H3,(H,15,16)/t8-,10-/m1/s1. The third kappa shape index (κ3) is 2.54. The van der Waals surface area contributed by atoms with Crippen LogP contribution in [0, 0.1) is 17.8 Å². The van der Waals surface area contributed by atoms with Crippen LogP contribution in [0.5, 0.6) is 0 Å². The largest absolute Gasteiger partial charge is 0.481 e. The summed E-state index contributed by atoms with van der Waals surface area (Å²) in [4.78, 5) is 24.5. The molecular formula is C12H19NO3. The van der Waals surface area contributed by atoms with Crippen molar-refractivity contribution in [3.8, 4) is 0 Å². The highest BCUT2D eigenvalue weighted by molar-refractivity contribution is 5.79. The molecule has 1 amide bonds. The van der Waals surface area contributed by atoms with Gasteiger partial charge in [-0.25, -0.2) is 0 Å². The van der Waals surface area contributed by atoms with E-state index in [9.17, 15) is 9.59 Å². The fourth-order valence-electron chi connectivity index (χ4n) is 2.38. The van der Waals surface area contributed by atoms with Crippen molar-refractivity contribution < 1.29 is 14.7 Å². The summed E-state index contributed by atoms with van der Waals surface area (Å²) in [5.74, 6) is -0.154. The second-order valence-corrected chi connectivity index (χ2v) is 5.20. The van der Waals surface area contributed by atoms with Crippen molar-refractivity contribution >= 4 is 11.9 Å². The monoisotopic (exact) mass is 225 g/mol. The van der Waals surface area contributed by atoms with Gasteiger partial charge in [0.25, 0.3) is 0 Å². The molecule has 1 heterocycles. The summed E-state index contributed by atoms with van der Waals surface area (Å²) in [7, 11) is 0. The molecule has 1 aliphatic heterocycles. The number of carboxylic acid groups (broad SMARTS) is 1. The number of carboxylic acids is 1. The van der Waals surface area contributed by atoms with E-state index in [1.165, 1.54) is 12.8 Å². The summed E-state index contributed by atoms with van der Waals surface area (Å²) in [6, 6.07) is 0. The zero-order valence-corrected chi connectivity index (χ0v) is 9.69. The van der Waals surface area contributed by atoms with Crippen LogP contribution in [0.1, 0.15) is 32.6 Å². The highest BCUT2D eigenvalue weighted by atomic mass is 16.4. The number of rotatable bonds is 4. The van der Waals surface area contributed by atoms with Crippen molar-refractivity contribution in [2.45, 2.75) is 32.6 Å². The van der Waals surface area contributed by atoms with E-state index in [1.807, 2.05) is 6.92 Å². The Balaban J connectivity index is 1.81. The number of nitrogens with zero attached hydrogens (tertiary/aromatic N) is 1. The number of carbonyl (C=O) groups is 2. The van der Waals surface area contributed by atoms with Crippen LogP contribution in [0.15, 0.2) is 0 Å². The van der Waals surface area contributed by atoms with Crippen molar-refractivity contribution in [2.24, 2.45) is 17.8 Å². The molecule has 0 radical (unpaired) electrons. The van der Waals surface area contributed by atoms with Crippen molar-refractivity contribution in [3.63, 3.8) is 0 Å². The molecule has 0 spiro atoms. The molecular weight excluding hydrogens is 206 g/mol. The van der Waals surface area contributed by atoms with Crippen LogP contribution in [0.3, 0.4) is 0 Å². The maximum Gasteiger partial charge on any atom is 0.308 e. The molecule has 2 aliphatic rings. The molecule has 16 heavy (non-hydrogen) atoms. The van der Waals surface area contributed by atoms with Gasteiger partial charge in [-0.05, 0) is 18.3 Å². The van der Waals surface area contributed by atoms with Gasteiger partial charge in [-0.2, -0.15) is 0 Å². The summed E-state index contributed by atoms with van der Waals surface area (Å²) < 4.78 is 0. The van der Waals surface area contributed by atoms with E-state index in [1.54, 1.807) is 4.90 Å². The second-order valence-electron chi connectivity index (χ2n) is 5.20. The minimum Gasteiger partial charge on any atom is -0.481 e. The first kappa shape index (κ1) is 11.4. The molecule has 0 aromatic rings. The molecule has 1 saturated heterocycles. The van der Waals surface area contributed by atoms with Crippen LogP contribution in [-0.2, 0) is 9.59 Å². The lowest BCUT2D eigenvalue weighted by atomic mass is 9.99. The first-order valence-electron chi connectivity index (χ1n) is 6.08. The molecule has 0 aromatic heterocycles. The minimum atomic E-state index is -0.773. The third-order valence-electron chi connectivity index (χ3n) is 3.75. The smallest absolute Gasteiger partial charge is 0.308 e. The van der Waals surface area contributed by atoms with Crippen molar-refractivity contribution in [3.05, 3.63) is 0 Å². The molecule has 1 aliphatic carbocycles. The molecule has 2 rings (SSSR count). The predicted octanol–water partition coefficient (Wildman–Crippen LogP) is 1.36. The van der Waals surface area contributed by atoms with E-state index in [0.717, 1.165) is 12.3 Å². The van der Waals surface area contributed by atoms with E-state index >= 15 is 0 Å². The summed E-state index contributed by atoms with van der Waals surface area (Å²) >= 11 is 0. The third-order valence-corrected chi connectivity index (χ3v) is 3.75. The Morgan fingerprint density at radius 1 is 1.31 bits per heavy atom. The summed E-state index contributed by atoms with van der Waals surface area (Å²) in [6.07, 6.45) is 4.12. The van der Waals surface area contributed by atoms with Gasteiger partial charge in [0.1, 0.15) is 0 Å². The van der Waals surface area contributed by atoms with Gasteiger partial charge in [-0.1, -0.05) is 19.8 Å². The van der Waals surface area contributed by atoms with Gasteiger partial charge in [0.2, 0.25) is 5.91 Å². The van der Waals surface area contributed by atoms with Gasteiger partial charge >= 0.3 is 5.97 Å². The van der Waals surface area contributed by atoms with Gasteiger partial charge in [-0.15, -0.1) is 0 Å². The van der Waals surface area contributed by atoms with Crippen LogP contribution in [0.4, 0.5) is 0 Å². The average molecular weight is 225 g/mol. The zero-order valence-electron chi connectivity index (χ0n) is 9.69. The van der Waals surface area contributed by atoms with Gasteiger partial charge in [0.15, 0.2) is 0 Å². The van der Waals surface area contributed by atoms with Crippen molar-refractivity contribution in [1.82, 2.24) is 4.90 Å². The number of amides is 1. The van der Waals surface area contributed by atoms with E-state index in [0.29, 0.717) is 19.5 Å². The Kier molecular flexibility index (Phi) is 3.17. The molecule has 90 valence electrons. The molecule has 2 fully saturated rings. The van der Waals surface area contributed by atoms with Crippen LogP contribution in [-0.4, -0.2) is 35.0 Å². The highest BCUT2D eigenvalue weighted by Crippen LogP contribution is 2.34. The van der Waals surface area contributed by atoms with Crippen LogP contribution in [0.2, 0.25) is 0 Å². The van der Waals surface area contributed by atoms with E-state index in [2.05, 4.69) is 0 Å². The number of likely N-dealkylation sites (tertiary alicyclic amines) is 1. The Labute approximate surface area is 95.6 Å². The summed E-state index contributed by atoms with van der Waals surface area (Å²) in [6.45, 7) is 2.92. The van der Waals surface area contributed by atoms with Crippen LogP contribution in [0.25, 0.3) is 0 Å². The number of aliphatic carboxylic acids is 1. The fraction of sp³-hybridized carbons (Fsp3) is 0.833. The maximum absolute atomic E-state index is 11.8. The molecule has 4 heteroatoms. The first-order valence-corrected chi connectivity index (χ1v) is 6.08. The number of hydrogen-bond donors (Lipinski definition) is 1. The van der Waals surface area contributed by atoms with E-state index < -0.39 is 5.97 Å². The predicted molar refractivity (Wildman–Crippen MR) is 58.8 cm³/mol. The maximum atomic E-state index is 11.8. The minimum absolute atomic E-state index is 0.0855. The lowest BCUT2D eigenvalue weighted by molar-refractivity contribution is -0.142. The summed E-state index contributed by atoms with van der Waals surface area (Å²) in [5.41, 5.74) is 0. The molecule has 1 N–H and O–H groups in total.